The lowest BCUT2D eigenvalue weighted by molar-refractivity contribution is -0.137. The highest BCUT2D eigenvalue weighted by molar-refractivity contribution is 6.02. The Morgan fingerprint density at radius 2 is 1.85 bits per heavy atom. The summed E-state index contributed by atoms with van der Waals surface area (Å²) in [5.74, 6) is 0.209. The van der Waals surface area contributed by atoms with Gasteiger partial charge in [-0.2, -0.15) is 13.2 Å². The minimum Gasteiger partial charge on any atom is -0.362 e. The van der Waals surface area contributed by atoms with Crippen molar-refractivity contribution < 1.29 is 17.6 Å². The van der Waals surface area contributed by atoms with Gasteiger partial charge in [0.1, 0.15) is 23.9 Å². The third-order valence-corrected chi connectivity index (χ3v) is 4.03. The van der Waals surface area contributed by atoms with Crippen LogP contribution in [-0.2, 0) is 6.18 Å². The summed E-state index contributed by atoms with van der Waals surface area (Å²) in [6, 6.07) is 4.16. The molecule has 1 aromatic heterocycles. The average molecular weight is 384 g/mol. The molecule has 0 aliphatic heterocycles. The Morgan fingerprint density at radius 1 is 1.26 bits per heavy atom. The summed E-state index contributed by atoms with van der Waals surface area (Å²) < 4.78 is 51.3. The van der Waals surface area contributed by atoms with Gasteiger partial charge in [0.25, 0.3) is 5.56 Å². The fourth-order valence-corrected chi connectivity index (χ4v) is 2.70. The van der Waals surface area contributed by atoms with Crippen LogP contribution in [0.4, 0.5) is 23.4 Å². The fourth-order valence-electron chi connectivity index (χ4n) is 2.70. The third-order valence-electron chi connectivity index (χ3n) is 4.03. The molecule has 1 heterocycles. The predicted molar refractivity (Wildman–Crippen MR) is 95.0 cm³/mol. The van der Waals surface area contributed by atoms with Gasteiger partial charge in [-0.1, -0.05) is 26.0 Å². The molecule has 5 nitrogen and oxygen atoms in total. The standard InChI is InChI=1S/C18H20F4N4O/c1-9(2)15(11-4-6-12(7-5-11)18(20,21)22)26-16-14(13(23)8-19)17(27)25-10(3)24-16/h4-7,9,15,23H,8H2,1-3H3,(H2,24,25,26,27). The van der Waals surface area contributed by atoms with Crippen LogP contribution in [0, 0.1) is 18.3 Å². The van der Waals surface area contributed by atoms with Crippen LogP contribution in [0.5, 0.6) is 0 Å². The molecule has 0 bridgehead atoms. The van der Waals surface area contributed by atoms with Crippen molar-refractivity contribution in [1.82, 2.24) is 9.97 Å². The maximum absolute atomic E-state index is 13.0. The highest BCUT2D eigenvalue weighted by atomic mass is 19.4. The Balaban J connectivity index is 2.46. The summed E-state index contributed by atoms with van der Waals surface area (Å²) in [6.45, 7) is 4.08. The third kappa shape index (κ3) is 4.72. The van der Waals surface area contributed by atoms with Gasteiger partial charge in [0.05, 0.1) is 17.3 Å². The zero-order valence-corrected chi connectivity index (χ0v) is 15.0. The van der Waals surface area contributed by atoms with Gasteiger partial charge in [-0.25, -0.2) is 9.37 Å². The van der Waals surface area contributed by atoms with Gasteiger partial charge in [-0.05, 0) is 30.5 Å². The lowest BCUT2D eigenvalue weighted by Gasteiger charge is -2.25. The Morgan fingerprint density at radius 3 is 2.33 bits per heavy atom. The molecule has 1 aromatic carbocycles. The second-order valence-corrected chi connectivity index (χ2v) is 6.47. The second kappa shape index (κ2) is 7.89. The average Bonchev–Trinajstić information content (AvgIpc) is 2.57. The first kappa shape index (κ1) is 20.6. The number of aryl methyl sites for hydroxylation is 1. The van der Waals surface area contributed by atoms with Crippen molar-refractivity contribution in [3.8, 4) is 0 Å². The molecule has 0 radical (unpaired) electrons. The van der Waals surface area contributed by atoms with E-state index in [2.05, 4.69) is 15.3 Å². The topological polar surface area (TPSA) is 81.6 Å². The van der Waals surface area contributed by atoms with Crippen LogP contribution in [0.3, 0.4) is 0 Å². The lowest BCUT2D eigenvalue weighted by atomic mass is 9.94. The van der Waals surface area contributed by atoms with Crippen molar-refractivity contribution in [3.05, 3.63) is 57.1 Å². The van der Waals surface area contributed by atoms with Crippen molar-refractivity contribution in [1.29, 1.82) is 5.41 Å². The van der Waals surface area contributed by atoms with Crippen LogP contribution in [-0.4, -0.2) is 22.4 Å². The number of nitrogens with zero attached hydrogens (tertiary/aromatic N) is 1. The monoisotopic (exact) mass is 384 g/mol. The molecule has 3 N–H and O–H groups in total. The van der Waals surface area contributed by atoms with Crippen molar-refractivity contribution in [2.45, 2.75) is 33.0 Å². The highest BCUT2D eigenvalue weighted by Crippen LogP contribution is 2.32. The smallest absolute Gasteiger partial charge is 0.362 e. The van der Waals surface area contributed by atoms with Crippen LogP contribution in [0.1, 0.15) is 42.4 Å². The molecule has 2 aromatic rings. The predicted octanol–water partition coefficient (Wildman–Crippen LogP) is 4.24. The van der Waals surface area contributed by atoms with Gasteiger partial charge < -0.3 is 15.7 Å². The molecule has 27 heavy (non-hydrogen) atoms. The summed E-state index contributed by atoms with van der Waals surface area (Å²) in [7, 11) is 0. The molecule has 0 spiro atoms. The molecule has 0 aliphatic rings. The number of benzene rings is 1. The number of hydrogen-bond acceptors (Lipinski definition) is 4. The maximum Gasteiger partial charge on any atom is 0.416 e. The van der Waals surface area contributed by atoms with Crippen molar-refractivity contribution in [3.63, 3.8) is 0 Å². The van der Waals surface area contributed by atoms with Gasteiger partial charge in [-0.3, -0.25) is 4.79 Å². The van der Waals surface area contributed by atoms with Crippen molar-refractivity contribution in [2.24, 2.45) is 5.92 Å². The van der Waals surface area contributed by atoms with Crippen LogP contribution < -0.4 is 10.9 Å². The van der Waals surface area contributed by atoms with E-state index in [1.807, 2.05) is 13.8 Å². The summed E-state index contributed by atoms with van der Waals surface area (Å²) in [4.78, 5) is 18.7. The van der Waals surface area contributed by atoms with E-state index < -0.39 is 35.7 Å². The number of aromatic amines is 1. The number of hydrogen-bond donors (Lipinski definition) is 3. The van der Waals surface area contributed by atoms with Crippen molar-refractivity contribution >= 4 is 11.5 Å². The first-order valence-electron chi connectivity index (χ1n) is 8.23. The molecule has 0 amide bonds. The maximum atomic E-state index is 13.0. The molecular formula is C18H20F4N4O. The molecule has 146 valence electrons. The Labute approximate surface area is 153 Å². The fraction of sp³-hybridized carbons (Fsp3) is 0.389. The minimum absolute atomic E-state index is 0.0255. The van der Waals surface area contributed by atoms with Gasteiger partial charge in [-0.15, -0.1) is 0 Å². The Hall–Kier alpha value is -2.71. The molecule has 0 aliphatic carbocycles. The molecule has 2 rings (SSSR count). The number of aromatic nitrogens is 2. The molecule has 0 saturated heterocycles. The quantitative estimate of drug-likeness (QED) is 0.515. The lowest BCUT2D eigenvalue weighted by Crippen LogP contribution is -2.27. The molecule has 1 atom stereocenters. The zero-order valence-electron chi connectivity index (χ0n) is 15.0. The van der Waals surface area contributed by atoms with Crippen molar-refractivity contribution in [2.75, 3.05) is 12.0 Å². The number of halogens is 4. The van der Waals surface area contributed by atoms with E-state index in [0.717, 1.165) is 12.1 Å². The van der Waals surface area contributed by atoms with Crippen LogP contribution in [0.25, 0.3) is 0 Å². The summed E-state index contributed by atoms with van der Waals surface area (Å²) in [5.41, 5.74) is -1.61. The Kier molecular flexibility index (Phi) is 6.02. The zero-order chi connectivity index (χ0) is 20.4. The number of nitrogens with one attached hydrogen (secondary N) is 3. The number of rotatable bonds is 6. The van der Waals surface area contributed by atoms with Gasteiger partial charge >= 0.3 is 6.18 Å². The van der Waals surface area contributed by atoms with E-state index in [9.17, 15) is 22.4 Å². The van der Waals surface area contributed by atoms with Gasteiger partial charge in [0, 0.05) is 0 Å². The SMILES string of the molecule is Cc1nc(NC(c2ccc(C(F)(F)F)cc2)C(C)C)c(C(=N)CF)c(=O)[nH]1. The van der Waals surface area contributed by atoms with Crippen LogP contribution in [0.15, 0.2) is 29.1 Å². The van der Waals surface area contributed by atoms with E-state index in [4.69, 9.17) is 5.41 Å². The highest BCUT2D eigenvalue weighted by Gasteiger charge is 2.30. The minimum atomic E-state index is -4.44. The first-order chi connectivity index (χ1) is 12.5. The van der Waals surface area contributed by atoms with Crippen LogP contribution in [0.2, 0.25) is 0 Å². The van der Waals surface area contributed by atoms with E-state index in [1.165, 1.54) is 19.1 Å². The summed E-state index contributed by atoms with van der Waals surface area (Å²) >= 11 is 0. The Bertz CT molecular complexity index is 872. The largest absolute Gasteiger partial charge is 0.416 e. The normalized spacial score (nSPS) is 12.9. The molecular weight excluding hydrogens is 364 g/mol. The second-order valence-electron chi connectivity index (χ2n) is 6.47. The summed E-state index contributed by atoms with van der Waals surface area (Å²) in [6.07, 6.45) is -4.44. The van der Waals surface area contributed by atoms with Crippen LogP contribution >= 0.6 is 0 Å². The van der Waals surface area contributed by atoms with E-state index >= 15 is 0 Å². The molecule has 9 heteroatoms. The number of anilines is 1. The summed E-state index contributed by atoms with van der Waals surface area (Å²) in [5, 5.41) is 10.7. The molecule has 0 saturated carbocycles. The molecule has 0 fully saturated rings. The van der Waals surface area contributed by atoms with E-state index in [0.29, 0.717) is 5.56 Å². The number of alkyl halides is 4. The van der Waals surface area contributed by atoms with Gasteiger partial charge in [0.15, 0.2) is 0 Å². The van der Waals surface area contributed by atoms with E-state index in [-0.39, 0.29) is 23.1 Å². The molecule has 1 unspecified atom stereocenters. The van der Waals surface area contributed by atoms with Gasteiger partial charge in [0.2, 0.25) is 0 Å². The first-order valence-corrected chi connectivity index (χ1v) is 8.23. The van der Waals surface area contributed by atoms with E-state index in [1.54, 1.807) is 0 Å². The number of H-pyrrole nitrogens is 1.